The van der Waals surface area contributed by atoms with E-state index in [0.29, 0.717) is 5.75 Å². The topological polar surface area (TPSA) is 23.5 Å². The van der Waals surface area contributed by atoms with E-state index in [1.807, 2.05) is 30.8 Å². The zero-order valence-corrected chi connectivity index (χ0v) is 15.5. The number of aromatic hydroxyl groups is 1. The largest absolute Gasteiger partial charge is 0.505 e. The molecule has 1 rings (SSSR count). The molecular formula is C16H27NOS2. The van der Waals surface area contributed by atoms with Crippen molar-refractivity contribution >= 4 is 29.2 Å². The first-order chi connectivity index (χ1) is 8.89. The quantitative estimate of drug-likeness (QED) is 0.771. The predicted octanol–water partition coefficient (Wildman–Crippen LogP) is 5.24. The summed E-state index contributed by atoms with van der Waals surface area (Å²) >= 11 is 3.54. The monoisotopic (exact) mass is 313 g/mol. The van der Waals surface area contributed by atoms with Gasteiger partial charge in [0.05, 0.1) is 10.6 Å². The maximum Gasteiger partial charge on any atom is 0.152 e. The van der Waals surface area contributed by atoms with Gasteiger partial charge >= 0.3 is 0 Å². The van der Waals surface area contributed by atoms with E-state index in [1.165, 1.54) is 4.90 Å². The fourth-order valence-electron chi connectivity index (χ4n) is 1.73. The SMILES string of the molecule is CN(C)c1cc(SC(C)(C)C)cc(SC(C)(C)C)c1O. The van der Waals surface area contributed by atoms with E-state index >= 15 is 0 Å². The smallest absolute Gasteiger partial charge is 0.152 e. The van der Waals surface area contributed by atoms with E-state index in [1.54, 1.807) is 11.8 Å². The molecule has 0 aliphatic carbocycles. The molecule has 0 fully saturated rings. The molecule has 0 radical (unpaired) electrons. The van der Waals surface area contributed by atoms with Crippen molar-refractivity contribution in [3.8, 4) is 5.75 Å². The van der Waals surface area contributed by atoms with Gasteiger partial charge in [-0.2, -0.15) is 0 Å². The van der Waals surface area contributed by atoms with Gasteiger partial charge in [0.15, 0.2) is 5.75 Å². The van der Waals surface area contributed by atoms with E-state index in [-0.39, 0.29) is 9.49 Å². The Balaban J connectivity index is 3.28. The Morgan fingerprint density at radius 2 is 1.40 bits per heavy atom. The third-order valence-corrected chi connectivity index (χ3v) is 4.58. The van der Waals surface area contributed by atoms with Crippen LogP contribution in [0.3, 0.4) is 0 Å². The van der Waals surface area contributed by atoms with Gasteiger partial charge in [0.1, 0.15) is 0 Å². The summed E-state index contributed by atoms with van der Waals surface area (Å²) in [7, 11) is 3.93. The molecule has 114 valence electrons. The van der Waals surface area contributed by atoms with Crippen LogP contribution in [0.5, 0.6) is 5.75 Å². The van der Waals surface area contributed by atoms with Crippen LogP contribution in [0.4, 0.5) is 5.69 Å². The Bertz CT molecular complexity index is 471. The maximum absolute atomic E-state index is 10.5. The van der Waals surface area contributed by atoms with Crippen molar-refractivity contribution in [1.82, 2.24) is 0 Å². The minimum Gasteiger partial charge on any atom is -0.505 e. The summed E-state index contributed by atoms with van der Waals surface area (Å²) in [6, 6.07) is 4.17. The van der Waals surface area contributed by atoms with Crippen LogP contribution in [0.15, 0.2) is 21.9 Å². The van der Waals surface area contributed by atoms with Crippen molar-refractivity contribution in [2.24, 2.45) is 0 Å². The minimum absolute atomic E-state index is 0.0755. The van der Waals surface area contributed by atoms with Gasteiger partial charge < -0.3 is 10.0 Å². The highest BCUT2D eigenvalue weighted by Gasteiger charge is 2.21. The first-order valence-electron chi connectivity index (χ1n) is 6.81. The number of hydrogen-bond acceptors (Lipinski definition) is 4. The Morgan fingerprint density at radius 3 is 1.80 bits per heavy atom. The van der Waals surface area contributed by atoms with Crippen molar-refractivity contribution in [2.45, 2.75) is 60.8 Å². The number of nitrogens with zero attached hydrogens (tertiary/aromatic N) is 1. The van der Waals surface area contributed by atoms with Crippen molar-refractivity contribution in [3.63, 3.8) is 0 Å². The molecule has 0 atom stereocenters. The summed E-state index contributed by atoms with van der Waals surface area (Å²) in [6.07, 6.45) is 0. The van der Waals surface area contributed by atoms with Crippen LogP contribution < -0.4 is 4.90 Å². The van der Waals surface area contributed by atoms with Gasteiger partial charge in [-0.05, 0) is 12.1 Å². The fraction of sp³-hybridized carbons (Fsp3) is 0.625. The summed E-state index contributed by atoms with van der Waals surface area (Å²) in [5.41, 5.74) is 0.881. The van der Waals surface area contributed by atoms with Gasteiger partial charge in [0.25, 0.3) is 0 Å². The number of thioether (sulfide) groups is 2. The van der Waals surface area contributed by atoms with Crippen LogP contribution >= 0.6 is 23.5 Å². The van der Waals surface area contributed by atoms with E-state index in [0.717, 1.165) is 10.6 Å². The van der Waals surface area contributed by atoms with E-state index < -0.39 is 0 Å². The van der Waals surface area contributed by atoms with Crippen LogP contribution in [0.1, 0.15) is 41.5 Å². The summed E-state index contributed by atoms with van der Waals surface area (Å²) in [4.78, 5) is 4.12. The molecule has 0 saturated carbocycles. The normalized spacial score (nSPS) is 12.6. The molecule has 0 saturated heterocycles. The highest BCUT2D eigenvalue weighted by Crippen LogP contribution is 2.46. The van der Waals surface area contributed by atoms with E-state index in [4.69, 9.17) is 0 Å². The average Bonchev–Trinajstić information content (AvgIpc) is 2.17. The number of anilines is 1. The molecule has 0 bridgehead atoms. The average molecular weight is 314 g/mol. The molecular weight excluding hydrogens is 286 g/mol. The van der Waals surface area contributed by atoms with Gasteiger partial charge in [0.2, 0.25) is 0 Å². The van der Waals surface area contributed by atoms with Gasteiger partial charge in [0, 0.05) is 28.5 Å². The lowest BCUT2D eigenvalue weighted by atomic mass is 10.2. The van der Waals surface area contributed by atoms with Crippen molar-refractivity contribution in [1.29, 1.82) is 0 Å². The van der Waals surface area contributed by atoms with E-state index in [2.05, 4.69) is 53.7 Å². The summed E-state index contributed by atoms with van der Waals surface area (Å²) in [5, 5.41) is 10.5. The molecule has 0 amide bonds. The fourth-order valence-corrected chi connectivity index (χ4v) is 3.91. The molecule has 0 aliphatic heterocycles. The number of phenolic OH excluding ortho intramolecular Hbond substituents is 1. The molecule has 0 unspecified atom stereocenters. The second-order valence-electron chi connectivity index (χ2n) is 7.11. The van der Waals surface area contributed by atoms with Crippen molar-refractivity contribution in [3.05, 3.63) is 12.1 Å². The summed E-state index contributed by atoms with van der Waals surface area (Å²) in [6.45, 7) is 13.1. The Kier molecular flexibility index (Phi) is 5.36. The Hall–Kier alpha value is -0.480. The molecule has 0 spiro atoms. The first-order valence-corrected chi connectivity index (χ1v) is 8.45. The molecule has 0 aliphatic rings. The second kappa shape index (κ2) is 6.10. The van der Waals surface area contributed by atoms with E-state index in [9.17, 15) is 5.11 Å². The van der Waals surface area contributed by atoms with Gasteiger partial charge in [-0.1, -0.05) is 41.5 Å². The van der Waals surface area contributed by atoms with Gasteiger partial charge in [-0.15, -0.1) is 23.5 Å². The standard InChI is InChI=1S/C16H27NOS2/c1-15(2,3)19-11-9-12(17(7)8)14(18)13(10-11)20-16(4,5)6/h9-10,18H,1-8H3. The molecule has 20 heavy (non-hydrogen) atoms. The highest BCUT2D eigenvalue weighted by atomic mass is 32.2. The third kappa shape index (κ3) is 5.49. The van der Waals surface area contributed by atoms with Crippen LogP contribution in [-0.4, -0.2) is 28.7 Å². The van der Waals surface area contributed by atoms with Crippen molar-refractivity contribution < 1.29 is 5.11 Å². The lowest BCUT2D eigenvalue weighted by molar-refractivity contribution is 0.461. The Labute approximate surface area is 132 Å². The summed E-state index contributed by atoms with van der Waals surface area (Å²) in [5.74, 6) is 0.383. The summed E-state index contributed by atoms with van der Waals surface area (Å²) < 4.78 is 0.232. The van der Waals surface area contributed by atoms with Crippen LogP contribution in [-0.2, 0) is 0 Å². The maximum atomic E-state index is 10.5. The Morgan fingerprint density at radius 1 is 0.900 bits per heavy atom. The highest BCUT2D eigenvalue weighted by molar-refractivity contribution is 8.01. The van der Waals surface area contributed by atoms with Gasteiger partial charge in [-0.3, -0.25) is 0 Å². The lowest BCUT2D eigenvalue weighted by Crippen LogP contribution is -2.12. The second-order valence-corrected chi connectivity index (χ2v) is 10.9. The molecule has 0 heterocycles. The van der Waals surface area contributed by atoms with Crippen molar-refractivity contribution in [2.75, 3.05) is 19.0 Å². The molecule has 0 aromatic heterocycles. The molecule has 1 N–H and O–H groups in total. The number of benzene rings is 1. The molecule has 1 aromatic rings. The minimum atomic E-state index is 0.0755. The predicted molar refractivity (Wildman–Crippen MR) is 93.7 cm³/mol. The molecule has 4 heteroatoms. The van der Waals surface area contributed by atoms with Crippen LogP contribution in [0.25, 0.3) is 0 Å². The zero-order chi connectivity index (χ0) is 15.7. The van der Waals surface area contributed by atoms with Gasteiger partial charge in [-0.25, -0.2) is 0 Å². The number of hydrogen-bond donors (Lipinski definition) is 1. The molecule has 1 aromatic carbocycles. The zero-order valence-electron chi connectivity index (χ0n) is 13.9. The van der Waals surface area contributed by atoms with Crippen LogP contribution in [0, 0.1) is 0 Å². The first kappa shape index (κ1) is 17.6. The molecule has 2 nitrogen and oxygen atoms in total. The van der Waals surface area contributed by atoms with Crippen LogP contribution in [0.2, 0.25) is 0 Å². The number of phenols is 1. The lowest BCUT2D eigenvalue weighted by Gasteiger charge is -2.24. The number of rotatable bonds is 3. The third-order valence-electron chi connectivity index (χ3n) is 2.35.